The number of esters is 1. The molecule has 30 heavy (non-hydrogen) atoms. The van der Waals surface area contributed by atoms with Crippen molar-refractivity contribution in [2.24, 2.45) is 0 Å². The van der Waals surface area contributed by atoms with Crippen molar-refractivity contribution in [3.8, 4) is 0 Å². The zero-order valence-electron chi connectivity index (χ0n) is 18.5. The van der Waals surface area contributed by atoms with Crippen LogP contribution in [0.25, 0.3) is 11.1 Å². The molecule has 0 saturated heterocycles. The van der Waals surface area contributed by atoms with E-state index >= 15 is 0 Å². The van der Waals surface area contributed by atoms with Crippen LogP contribution in [-0.2, 0) is 14.9 Å². The monoisotopic (exact) mass is 418 g/mol. The average Bonchev–Trinajstić information content (AvgIpc) is 3.22. The van der Waals surface area contributed by atoms with Gasteiger partial charge in [0.1, 0.15) is 0 Å². The van der Waals surface area contributed by atoms with E-state index in [-0.39, 0.29) is 11.4 Å². The standard InChI is InChI=1S/C27H30O2S/c1-6-29-26(28)17-19(2)9-7-10-20(3)21-12-13-24-23(18-21)22(14-15-27(24,4)5)25-11-8-16-30-25/h7-14,16-18H,6,15H2,1-5H3/b9-7+,19-17-,20-10+. The summed E-state index contributed by atoms with van der Waals surface area (Å²) in [6.07, 6.45) is 11.0. The summed E-state index contributed by atoms with van der Waals surface area (Å²) in [6, 6.07) is 11.2. The molecule has 2 aromatic rings. The van der Waals surface area contributed by atoms with E-state index < -0.39 is 0 Å². The van der Waals surface area contributed by atoms with Gasteiger partial charge in [-0.25, -0.2) is 4.79 Å². The maximum absolute atomic E-state index is 11.5. The van der Waals surface area contributed by atoms with E-state index in [0.29, 0.717) is 6.61 Å². The normalized spacial score (nSPS) is 16.4. The lowest BCUT2D eigenvalue weighted by molar-refractivity contribution is -0.137. The second-order valence-corrected chi connectivity index (χ2v) is 9.24. The van der Waals surface area contributed by atoms with Crippen molar-refractivity contribution in [1.82, 2.24) is 0 Å². The third-order valence-electron chi connectivity index (χ3n) is 5.43. The molecule has 0 aliphatic heterocycles. The van der Waals surface area contributed by atoms with Gasteiger partial charge in [-0.3, -0.25) is 0 Å². The molecular weight excluding hydrogens is 388 g/mol. The minimum atomic E-state index is -0.300. The summed E-state index contributed by atoms with van der Waals surface area (Å²) in [7, 11) is 0. The molecule has 0 N–H and O–H groups in total. The van der Waals surface area contributed by atoms with E-state index in [0.717, 1.165) is 12.0 Å². The van der Waals surface area contributed by atoms with Gasteiger partial charge in [0.15, 0.2) is 0 Å². The number of carbonyl (C=O) groups is 1. The van der Waals surface area contributed by atoms with Gasteiger partial charge in [-0.1, -0.05) is 56.4 Å². The van der Waals surface area contributed by atoms with Crippen LogP contribution in [-0.4, -0.2) is 12.6 Å². The molecule has 0 radical (unpaired) electrons. The molecular formula is C27H30O2S. The minimum absolute atomic E-state index is 0.140. The first-order valence-electron chi connectivity index (χ1n) is 10.4. The molecule has 3 rings (SSSR count). The van der Waals surface area contributed by atoms with Crippen LogP contribution in [0.3, 0.4) is 0 Å². The SMILES string of the molecule is CCOC(=O)\C=C(C)/C=C/C=C(\C)c1ccc2c(c1)C(c1cccs1)=CCC2(C)C. The highest BCUT2D eigenvalue weighted by Gasteiger charge is 2.29. The van der Waals surface area contributed by atoms with Crippen LogP contribution in [0.5, 0.6) is 0 Å². The van der Waals surface area contributed by atoms with E-state index in [4.69, 9.17) is 4.74 Å². The summed E-state index contributed by atoms with van der Waals surface area (Å²) in [5.74, 6) is -0.300. The van der Waals surface area contributed by atoms with Crippen molar-refractivity contribution >= 4 is 28.5 Å². The Morgan fingerprint density at radius 2 is 2.03 bits per heavy atom. The number of ether oxygens (including phenoxy) is 1. The first-order chi connectivity index (χ1) is 14.3. The van der Waals surface area contributed by atoms with Gasteiger partial charge in [0, 0.05) is 11.0 Å². The lowest BCUT2D eigenvalue weighted by Gasteiger charge is -2.32. The molecule has 0 atom stereocenters. The molecule has 1 aliphatic carbocycles. The highest BCUT2D eigenvalue weighted by atomic mass is 32.1. The van der Waals surface area contributed by atoms with Crippen LogP contribution in [0.15, 0.2) is 71.7 Å². The average molecular weight is 419 g/mol. The van der Waals surface area contributed by atoms with Gasteiger partial charge < -0.3 is 4.74 Å². The van der Waals surface area contributed by atoms with Gasteiger partial charge >= 0.3 is 5.97 Å². The summed E-state index contributed by atoms with van der Waals surface area (Å²) in [4.78, 5) is 12.9. The molecule has 2 nitrogen and oxygen atoms in total. The molecule has 1 heterocycles. The largest absolute Gasteiger partial charge is 0.463 e. The van der Waals surface area contributed by atoms with Crippen LogP contribution in [0.4, 0.5) is 0 Å². The number of hydrogen-bond donors (Lipinski definition) is 0. The predicted molar refractivity (Wildman–Crippen MR) is 129 cm³/mol. The molecule has 1 aliphatic rings. The van der Waals surface area contributed by atoms with Crippen molar-refractivity contribution in [3.63, 3.8) is 0 Å². The Labute approximate surface area is 184 Å². The van der Waals surface area contributed by atoms with Crippen LogP contribution in [0, 0.1) is 0 Å². The quantitative estimate of drug-likeness (QED) is 0.279. The molecule has 0 unspecified atom stereocenters. The number of hydrogen-bond acceptors (Lipinski definition) is 3. The third-order valence-corrected chi connectivity index (χ3v) is 6.34. The Kier molecular flexibility index (Phi) is 6.94. The van der Waals surface area contributed by atoms with Crippen LogP contribution in [0.2, 0.25) is 0 Å². The number of thiophene rings is 1. The van der Waals surface area contributed by atoms with E-state index in [2.05, 4.69) is 68.6 Å². The van der Waals surface area contributed by atoms with Gasteiger partial charge in [0.25, 0.3) is 0 Å². The molecule has 1 aromatic heterocycles. The maximum atomic E-state index is 11.5. The summed E-state index contributed by atoms with van der Waals surface area (Å²) in [5, 5.41) is 2.14. The highest BCUT2D eigenvalue weighted by Crippen LogP contribution is 2.43. The minimum Gasteiger partial charge on any atom is -0.463 e. The molecule has 156 valence electrons. The lowest BCUT2D eigenvalue weighted by atomic mass is 9.72. The van der Waals surface area contributed by atoms with Crippen molar-refractivity contribution in [2.45, 2.75) is 46.5 Å². The molecule has 0 spiro atoms. The third kappa shape index (κ3) is 5.09. The van der Waals surface area contributed by atoms with Crippen LogP contribution in [0.1, 0.15) is 62.6 Å². The molecule has 0 amide bonds. The fraction of sp³-hybridized carbons (Fsp3) is 0.296. The van der Waals surface area contributed by atoms with Crippen molar-refractivity contribution in [1.29, 1.82) is 0 Å². The Hall–Kier alpha value is -2.65. The number of rotatable bonds is 6. The Morgan fingerprint density at radius 1 is 1.23 bits per heavy atom. The van der Waals surface area contributed by atoms with Crippen molar-refractivity contribution < 1.29 is 9.53 Å². The van der Waals surface area contributed by atoms with Gasteiger partial charge in [0.2, 0.25) is 0 Å². The van der Waals surface area contributed by atoms with Crippen LogP contribution < -0.4 is 0 Å². The number of allylic oxidation sites excluding steroid dienone is 6. The summed E-state index contributed by atoms with van der Waals surface area (Å²) in [5.41, 5.74) is 7.50. The molecule has 0 saturated carbocycles. The van der Waals surface area contributed by atoms with Crippen LogP contribution >= 0.6 is 11.3 Å². The summed E-state index contributed by atoms with van der Waals surface area (Å²) < 4.78 is 4.95. The maximum Gasteiger partial charge on any atom is 0.330 e. The predicted octanol–water partition coefficient (Wildman–Crippen LogP) is 7.33. The van der Waals surface area contributed by atoms with Gasteiger partial charge in [-0.05, 0) is 83.5 Å². The summed E-state index contributed by atoms with van der Waals surface area (Å²) >= 11 is 1.79. The van der Waals surface area contributed by atoms with E-state index in [1.807, 2.05) is 26.0 Å². The molecule has 0 fully saturated rings. The zero-order valence-corrected chi connectivity index (χ0v) is 19.3. The van der Waals surface area contributed by atoms with E-state index in [1.165, 1.54) is 38.8 Å². The van der Waals surface area contributed by atoms with Crippen molar-refractivity contribution in [2.75, 3.05) is 6.61 Å². The topological polar surface area (TPSA) is 26.3 Å². The summed E-state index contributed by atoms with van der Waals surface area (Å²) in [6.45, 7) is 10.9. The fourth-order valence-electron chi connectivity index (χ4n) is 3.70. The molecule has 0 bridgehead atoms. The number of carbonyl (C=O) groups excluding carboxylic acids is 1. The van der Waals surface area contributed by atoms with E-state index in [9.17, 15) is 4.79 Å². The Bertz CT molecular complexity index is 1030. The Morgan fingerprint density at radius 3 is 2.73 bits per heavy atom. The Balaban J connectivity index is 1.89. The van der Waals surface area contributed by atoms with Crippen molar-refractivity contribution in [3.05, 3.63) is 93.2 Å². The lowest BCUT2D eigenvalue weighted by Crippen LogP contribution is -2.21. The highest BCUT2D eigenvalue weighted by molar-refractivity contribution is 7.11. The molecule has 1 aromatic carbocycles. The van der Waals surface area contributed by atoms with Gasteiger partial charge in [-0.15, -0.1) is 11.3 Å². The first kappa shape index (κ1) is 22.0. The first-order valence-corrected chi connectivity index (χ1v) is 11.3. The zero-order chi connectivity index (χ0) is 21.7. The molecule has 3 heteroatoms. The fourth-order valence-corrected chi connectivity index (χ4v) is 4.48. The second-order valence-electron chi connectivity index (χ2n) is 8.29. The smallest absolute Gasteiger partial charge is 0.330 e. The number of fused-ring (bicyclic) bond motifs is 1. The van der Waals surface area contributed by atoms with Gasteiger partial charge in [0.05, 0.1) is 6.61 Å². The number of benzene rings is 1. The van der Waals surface area contributed by atoms with Gasteiger partial charge in [-0.2, -0.15) is 0 Å². The van der Waals surface area contributed by atoms with E-state index in [1.54, 1.807) is 11.3 Å². The second kappa shape index (κ2) is 9.44.